The van der Waals surface area contributed by atoms with E-state index in [0.717, 1.165) is 6.26 Å². The zero-order valence-corrected chi connectivity index (χ0v) is 10.0. The Labute approximate surface area is 104 Å². The molecule has 1 aliphatic rings. The SMILES string of the molecule is CNC(=O)C1CCN(c2nc(C(=O)O)co2)CC1. The largest absolute Gasteiger partial charge is 0.476 e. The molecule has 0 saturated carbocycles. The molecule has 2 N–H and O–H groups in total. The molecule has 0 unspecified atom stereocenters. The molecule has 1 fully saturated rings. The lowest BCUT2D eigenvalue weighted by Crippen LogP contribution is -2.39. The quantitative estimate of drug-likeness (QED) is 0.806. The fourth-order valence-electron chi connectivity index (χ4n) is 2.04. The molecule has 7 nitrogen and oxygen atoms in total. The van der Waals surface area contributed by atoms with E-state index in [1.807, 2.05) is 4.90 Å². The van der Waals surface area contributed by atoms with Gasteiger partial charge in [-0.1, -0.05) is 0 Å². The first-order valence-corrected chi connectivity index (χ1v) is 5.77. The van der Waals surface area contributed by atoms with Gasteiger partial charge in [-0.15, -0.1) is 0 Å². The Balaban J connectivity index is 1.96. The minimum atomic E-state index is -1.11. The fourth-order valence-corrected chi connectivity index (χ4v) is 2.04. The second-order valence-electron chi connectivity index (χ2n) is 4.20. The highest BCUT2D eigenvalue weighted by Gasteiger charge is 2.26. The van der Waals surface area contributed by atoms with E-state index in [0.29, 0.717) is 31.9 Å². The van der Waals surface area contributed by atoms with Crippen LogP contribution in [0.25, 0.3) is 0 Å². The molecule has 18 heavy (non-hydrogen) atoms. The third-order valence-corrected chi connectivity index (χ3v) is 3.09. The monoisotopic (exact) mass is 253 g/mol. The van der Waals surface area contributed by atoms with Crippen LogP contribution in [0.1, 0.15) is 23.3 Å². The number of hydrogen-bond donors (Lipinski definition) is 2. The number of aromatic carboxylic acids is 1. The summed E-state index contributed by atoms with van der Waals surface area (Å²) < 4.78 is 5.12. The predicted molar refractivity (Wildman–Crippen MR) is 62.5 cm³/mol. The zero-order chi connectivity index (χ0) is 13.1. The van der Waals surface area contributed by atoms with Crippen molar-refractivity contribution in [2.45, 2.75) is 12.8 Å². The van der Waals surface area contributed by atoms with Crippen LogP contribution in [0.4, 0.5) is 6.01 Å². The maximum absolute atomic E-state index is 11.5. The van der Waals surface area contributed by atoms with Crippen LogP contribution >= 0.6 is 0 Å². The Morgan fingerprint density at radius 3 is 2.67 bits per heavy atom. The smallest absolute Gasteiger partial charge is 0.357 e. The van der Waals surface area contributed by atoms with E-state index in [-0.39, 0.29) is 17.5 Å². The highest BCUT2D eigenvalue weighted by Crippen LogP contribution is 2.22. The van der Waals surface area contributed by atoms with E-state index >= 15 is 0 Å². The van der Waals surface area contributed by atoms with Gasteiger partial charge >= 0.3 is 5.97 Å². The number of nitrogens with one attached hydrogen (secondary N) is 1. The number of amides is 1. The molecule has 1 aromatic heterocycles. The molecule has 2 rings (SSSR count). The number of oxazole rings is 1. The number of anilines is 1. The molecule has 0 aromatic carbocycles. The molecule has 1 saturated heterocycles. The van der Waals surface area contributed by atoms with E-state index in [1.54, 1.807) is 7.05 Å². The predicted octanol–water partition coefficient (Wildman–Crippen LogP) is 0.335. The molecule has 2 heterocycles. The summed E-state index contributed by atoms with van der Waals surface area (Å²) in [5.74, 6) is -1.04. The maximum Gasteiger partial charge on any atom is 0.357 e. The van der Waals surface area contributed by atoms with Crippen LogP contribution in [0.3, 0.4) is 0 Å². The Morgan fingerprint density at radius 2 is 2.17 bits per heavy atom. The number of carbonyl (C=O) groups excluding carboxylic acids is 1. The van der Waals surface area contributed by atoms with E-state index in [4.69, 9.17) is 9.52 Å². The average Bonchev–Trinajstić information content (AvgIpc) is 2.88. The minimum Gasteiger partial charge on any atom is -0.476 e. The standard InChI is InChI=1S/C11H15N3O4/c1-12-9(15)7-2-4-14(5-3-7)11-13-8(6-18-11)10(16)17/h6-7H,2-5H2,1H3,(H,12,15)(H,16,17). The first-order chi connectivity index (χ1) is 8.61. The molecular formula is C11H15N3O4. The minimum absolute atomic E-state index is 0.0140. The molecule has 0 bridgehead atoms. The Kier molecular flexibility index (Phi) is 3.50. The zero-order valence-electron chi connectivity index (χ0n) is 10.0. The van der Waals surface area contributed by atoms with Crippen molar-refractivity contribution in [1.29, 1.82) is 0 Å². The van der Waals surface area contributed by atoms with Crippen molar-refractivity contribution in [3.05, 3.63) is 12.0 Å². The number of aromatic nitrogens is 1. The lowest BCUT2D eigenvalue weighted by molar-refractivity contribution is -0.125. The molecule has 0 atom stereocenters. The van der Waals surface area contributed by atoms with Crippen LogP contribution < -0.4 is 10.2 Å². The first kappa shape index (κ1) is 12.4. The average molecular weight is 253 g/mol. The van der Waals surface area contributed by atoms with Gasteiger partial charge in [0.25, 0.3) is 6.01 Å². The summed E-state index contributed by atoms with van der Waals surface area (Å²) in [4.78, 5) is 27.9. The van der Waals surface area contributed by atoms with Crippen LogP contribution in [0.5, 0.6) is 0 Å². The topological polar surface area (TPSA) is 95.7 Å². The van der Waals surface area contributed by atoms with Gasteiger partial charge in [-0.2, -0.15) is 4.98 Å². The molecule has 1 amide bonds. The molecule has 98 valence electrons. The first-order valence-electron chi connectivity index (χ1n) is 5.77. The second kappa shape index (κ2) is 5.07. The number of hydrogen-bond acceptors (Lipinski definition) is 5. The molecule has 0 radical (unpaired) electrons. The van der Waals surface area contributed by atoms with Gasteiger partial charge in [0.15, 0.2) is 5.69 Å². The summed E-state index contributed by atoms with van der Waals surface area (Å²) in [5, 5.41) is 11.4. The van der Waals surface area contributed by atoms with Crippen molar-refractivity contribution in [3.63, 3.8) is 0 Å². The number of carbonyl (C=O) groups is 2. The summed E-state index contributed by atoms with van der Waals surface area (Å²) >= 11 is 0. The van der Waals surface area contributed by atoms with E-state index in [1.165, 1.54) is 0 Å². The van der Waals surface area contributed by atoms with Gasteiger partial charge in [-0.25, -0.2) is 4.79 Å². The number of piperidine rings is 1. The maximum atomic E-state index is 11.5. The molecular weight excluding hydrogens is 238 g/mol. The lowest BCUT2D eigenvalue weighted by atomic mass is 9.96. The number of nitrogens with zero attached hydrogens (tertiary/aromatic N) is 2. The van der Waals surface area contributed by atoms with Crippen LogP contribution in [0.2, 0.25) is 0 Å². The van der Waals surface area contributed by atoms with Gasteiger partial charge in [0, 0.05) is 26.1 Å². The van der Waals surface area contributed by atoms with Crippen LogP contribution in [-0.2, 0) is 4.79 Å². The van der Waals surface area contributed by atoms with Gasteiger partial charge in [-0.3, -0.25) is 4.79 Å². The molecule has 1 aromatic rings. The molecule has 1 aliphatic heterocycles. The number of carboxylic acid groups (broad SMARTS) is 1. The summed E-state index contributed by atoms with van der Waals surface area (Å²) in [6, 6.07) is 0.308. The molecule has 0 aliphatic carbocycles. The van der Waals surface area contributed by atoms with Crippen molar-refractivity contribution in [2.24, 2.45) is 5.92 Å². The van der Waals surface area contributed by atoms with E-state index in [2.05, 4.69) is 10.3 Å². The van der Waals surface area contributed by atoms with Crippen molar-refractivity contribution >= 4 is 17.9 Å². The van der Waals surface area contributed by atoms with Gasteiger partial charge in [-0.05, 0) is 12.8 Å². The van der Waals surface area contributed by atoms with E-state index in [9.17, 15) is 9.59 Å². The summed E-state index contributed by atoms with van der Waals surface area (Å²) in [7, 11) is 1.63. The molecule has 0 spiro atoms. The summed E-state index contributed by atoms with van der Waals surface area (Å²) in [6.45, 7) is 1.27. The van der Waals surface area contributed by atoms with Crippen molar-refractivity contribution < 1.29 is 19.1 Å². The van der Waals surface area contributed by atoms with Crippen molar-refractivity contribution in [3.8, 4) is 0 Å². The van der Waals surface area contributed by atoms with Gasteiger partial charge in [0.05, 0.1) is 0 Å². The Morgan fingerprint density at radius 1 is 1.50 bits per heavy atom. The van der Waals surface area contributed by atoms with E-state index < -0.39 is 5.97 Å². The van der Waals surface area contributed by atoms with Crippen LogP contribution in [0.15, 0.2) is 10.7 Å². The Hall–Kier alpha value is -2.05. The third-order valence-electron chi connectivity index (χ3n) is 3.09. The summed E-state index contributed by atoms with van der Waals surface area (Å²) in [6.07, 6.45) is 2.55. The lowest BCUT2D eigenvalue weighted by Gasteiger charge is -2.29. The van der Waals surface area contributed by atoms with Gasteiger partial charge in [0.1, 0.15) is 6.26 Å². The van der Waals surface area contributed by atoms with Gasteiger partial charge in [0.2, 0.25) is 5.91 Å². The van der Waals surface area contributed by atoms with Crippen LogP contribution in [-0.4, -0.2) is 42.1 Å². The number of rotatable bonds is 3. The summed E-state index contributed by atoms with van der Waals surface area (Å²) in [5.41, 5.74) is -0.0987. The normalized spacial score (nSPS) is 16.6. The van der Waals surface area contributed by atoms with Gasteiger partial charge < -0.3 is 19.7 Å². The highest BCUT2D eigenvalue weighted by molar-refractivity contribution is 5.85. The molecule has 7 heteroatoms. The highest BCUT2D eigenvalue weighted by atomic mass is 16.4. The number of carboxylic acids is 1. The second-order valence-corrected chi connectivity index (χ2v) is 4.20. The van der Waals surface area contributed by atoms with Crippen LogP contribution in [0, 0.1) is 5.92 Å². The van der Waals surface area contributed by atoms with Crippen molar-refractivity contribution in [1.82, 2.24) is 10.3 Å². The van der Waals surface area contributed by atoms with Crippen molar-refractivity contribution in [2.75, 3.05) is 25.0 Å². The Bertz CT molecular complexity index is 449. The third kappa shape index (κ3) is 2.44. The fraction of sp³-hybridized carbons (Fsp3) is 0.545.